The Balaban J connectivity index is 0.000000353. The first-order valence-corrected chi connectivity index (χ1v) is 6.11. The predicted octanol–water partition coefficient (Wildman–Crippen LogP) is 3.01. The monoisotopic (exact) mass is 239 g/mol. The van der Waals surface area contributed by atoms with E-state index in [0.717, 1.165) is 5.92 Å². The van der Waals surface area contributed by atoms with E-state index in [4.69, 9.17) is 11.6 Å². The van der Waals surface area contributed by atoms with Gasteiger partial charge in [-0.3, -0.25) is 5.84 Å². The number of benzene rings is 1. The molecule has 0 unspecified atom stereocenters. The van der Waals surface area contributed by atoms with E-state index in [-0.39, 0.29) is 5.75 Å². The highest BCUT2D eigenvalue weighted by atomic mass is 16.3. The summed E-state index contributed by atoms with van der Waals surface area (Å²) in [5.74, 6) is 6.42. The van der Waals surface area contributed by atoms with E-state index in [1.807, 2.05) is 13.8 Å². The molecule has 0 amide bonds. The summed E-state index contributed by atoms with van der Waals surface area (Å²) in [7, 11) is 0. The van der Waals surface area contributed by atoms with Gasteiger partial charge in [-0.2, -0.15) is 0 Å². The fourth-order valence-electron chi connectivity index (χ4n) is 1.01. The van der Waals surface area contributed by atoms with Crippen LogP contribution in [0, 0.1) is 12.8 Å². The van der Waals surface area contributed by atoms with Gasteiger partial charge in [0.1, 0.15) is 5.75 Å². The van der Waals surface area contributed by atoms with Gasteiger partial charge in [-0.05, 0) is 25.0 Å². The number of rotatable bonds is 1. The molecule has 0 atom stereocenters. The van der Waals surface area contributed by atoms with Gasteiger partial charge < -0.3 is 16.3 Å². The number of nitrogens with two attached hydrogens (primary N) is 2. The third-order valence-corrected chi connectivity index (χ3v) is 2.51. The number of phenols is 1. The highest BCUT2D eigenvalue weighted by molar-refractivity contribution is 5.71. The molecule has 98 valence electrons. The maximum atomic E-state index is 9.17. The van der Waals surface area contributed by atoms with Gasteiger partial charge in [-0.1, -0.05) is 33.6 Å². The van der Waals surface area contributed by atoms with Crippen LogP contribution in [0.1, 0.15) is 39.2 Å². The van der Waals surface area contributed by atoms with Crippen LogP contribution in [-0.2, 0) is 0 Å². The minimum absolute atomic E-state index is 0.182. The van der Waals surface area contributed by atoms with Crippen molar-refractivity contribution in [2.45, 2.75) is 40.5 Å². The van der Waals surface area contributed by atoms with Crippen molar-refractivity contribution in [3.8, 4) is 5.75 Å². The Kier molecular flexibility index (Phi) is 7.14. The van der Waals surface area contributed by atoms with Gasteiger partial charge in [0.15, 0.2) is 0 Å². The van der Waals surface area contributed by atoms with Gasteiger partial charge in [0.05, 0.1) is 11.4 Å². The summed E-state index contributed by atoms with van der Waals surface area (Å²) < 4.78 is 0. The van der Waals surface area contributed by atoms with Gasteiger partial charge in [-0.25, -0.2) is 0 Å². The molecule has 1 saturated carbocycles. The summed E-state index contributed by atoms with van der Waals surface area (Å²) in [5.41, 5.74) is 9.76. The van der Waals surface area contributed by atoms with Gasteiger partial charge in [0, 0.05) is 5.56 Å². The van der Waals surface area contributed by atoms with E-state index < -0.39 is 0 Å². The molecule has 1 aromatic carbocycles. The van der Waals surface area contributed by atoms with Crippen LogP contribution in [0.25, 0.3) is 0 Å². The van der Waals surface area contributed by atoms with E-state index in [1.165, 1.54) is 12.8 Å². The number of nitrogens with one attached hydrogen (secondary N) is 1. The normalized spacial score (nSPS) is 12.8. The summed E-state index contributed by atoms with van der Waals surface area (Å²) in [6, 6.07) is 3.17. The second-order valence-corrected chi connectivity index (χ2v) is 4.00. The molecule has 1 aliphatic rings. The first-order chi connectivity index (χ1) is 8.06. The molecule has 1 aliphatic carbocycles. The Morgan fingerprint density at radius 2 is 1.76 bits per heavy atom. The average molecular weight is 239 g/mol. The smallest absolute Gasteiger partial charge is 0.120 e. The van der Waals surface area contributed by atoms with Crippen molar-refractivity contribution < 1.29 is 5.11 Å². The van der Waals surface area contributed by atoms with Gasteiger partial charge >= 0.3 is 0 Å². The van der Waals surface area contributed by atoms with Crippen LogP contribution < -0.4 is 17.0 Å². The molecular formula is C13H25N3O. The Morgan fingerprint density at radius 1 is 1.29 bits per heavy atom. The quantitative estimate of drug-likeness (QED) is 0.263. The molecule has 0 aromatic heterocycles. The second-order valence-electron chi connectivity index (χ2n) is 4.00. The largest absolute Gasteiger partial charge is 0.508 e. The molecule has 0 aliphatic heterocycles. The third-order valence-electron chi connectivity index (χ3n) is 2.51. The molecule has 4 nitrogen and oxygen atoms in total. The number of hydrogen-bond acceptors (Lipinski definition) is 4. The van der Waals surface area contributed by atoms with Crippen molar-refractivity contribution in [1.29, 1.82) is 0 Å². The van der Waals surface area contributed by atoms with Crippen LogP contribution in [0.3, 0.4) is 0 Å². The highest BCUT2D eigenvalue weighted by Gasteiger charge is 2.12. The van der Waals surface area contributed by atoms with Crippen LogP contribution in [0.5, 0.6) is 5.75 Å². The molecule has 0 radical (unpaired) electrons. The van der Waals surface area contributed by atoms with Crippen molar-refractivity contribution in [2.75, 3.05) is 11.2 Å². The zero-order chi connectivity index (χ0) is 13.4. The minimum Gasteiger partial charge on any atom is -0.508 e. The summed E-state index contributed by atoms with van der Waals surface area (Å²) in [5, 5.41) is 9.17. The summed E-state index contributed by atoms with van der Waals surface area (Å²) in [6.45, 7) is 8.01. The molecule has 1 aromatic rings. The molecule has 0 bridgehead atoms. The summed E-state index contributed by atoms with van der Waals surface area (Å²) in [6.07, 6.45) is 2.97. The molecule has 2 rings (SSSR count). The molecule has 0 heterocycles. The average Bonchev–Trinajstić information content (AvgIpc) is 3.12. The van der Waals surface area contributed by atoms with E-state index >= 15 is 0 Å². The van der Waals surface area contributed by atoms with Crippen molar-refractivity contribution in [1.82, 2.24) is 0 Å². The number of phenolic OH excluding ortho intramolecular Hbond substituents is 1. The summed E-state index contributed by atoms with van der Waals surface area (Å²) >= 11 is 0. The molecule has 6 N–H and O–H groups in total. The number of hydrazine groups is 1. The zero-order valence-electron chi connectivity index (χ0n) is 11.2. The maximum absolute atomic E-state index is 9.17. The minimum atomic E-state index is 0.182. The summed E-state index contributed by atoms with van der Waals surface area (Å²) in [4.78, 5) is 0. The van der Waals surface area contributed by atoms with Crippen LogP contribution in [-0.4, -0.2) is 5.11 Å². The maximum Gasteiger partial charge on any atom is 0.120 e. The van der Waals surface area contributed by atoms with E-state index in [0.29, 0.717) is 16.9 Å². The third kappa shape index (κ3) is 5.45. The molecule has 0 saturated heterocycles. The Hall–Kier alpha value is -1.42. The van der Waals surface area contributed by atoms with E-state index in [2.05, 4.69) is 12.3 Å². The number of nitrogen functional groups attached to an aromatic ring is 2. The number of anilines is 2. The second kappa shape index (κ2) is 7.79. The van der Waals surface area contributed by atoms with Crippen LogP contribution in [0.4, 0.5) is 11.4 Å². The van der Waals surface area contributed by atoms with E-state index in [1.54, 1.807) is 19.1 Å². The molecule has 0 spiro atoms. The van der Waals surface area contributed by atoms with Crippen molar-refractivity contribution in [2.24, 2.45) is 11.8 Å². The van der Waals surface area contributed by atoms with Crippen LogP contribution >= 0.6 is 0 Å². The highest BCUT2D eigenvalue weighted by Crippen LogP contribution is 2.28. The van der Waals surface area contributed by atoms with Crippen LogP contribution in [0.15, 0.2) is 12.1 Å². The number of hydrogen-bond donors (Lipinski definition) is 4. The van der Waals surface area contributed by atoms with Crippen LogP contribution in [0.2, 0.25) is 0 Å². The fraction of sp³-hybridized carbons (Fsp3) is 0.538. The molecule has 1 fully saturated rings. The standard InChI is InChI=1S/C7H11N3O.C4H8.C2H6/c1-4-6(11)3-2-5(10-9)7(4)8;1-4-2-3-4;1-2/h2-3,10-11H,8-9H2,1H3;4H,2-3H2,1H3;1-2H3. The molecule has 4 heteroatoms. The van der Waals surface area contributed by atoms with Gasteiger partial charge in [-0.15, -0.1) is 0 Å². The Bertz CT molecular complexity index is 336. The Morgan fingerprint density at radius 3 is 2.12 bits per heavy atom. The van der Waals surface area contributed by atoms with E-state index in [9.17, 15) is 5.11 Å². The lowest BCUT2D eigenvalue weighted by molar-refractivity contribution is 0.471. The lowest BCUT2D eigenvalue weighted by Crippen LogP contribution is -2.09. The Labute approximate surface area is 104 Å². The topological polar surface area (TPSA) is 84.3 Å². The van der Waals surface area contributed by atoms with Crippen molar-refractivity contribution >= 4 is 11.4 Å². The zero-order valence-corrected chi connectivity index (χ0v) is 11.2. The van der Waals surface area contributed by atoms with Gasteiger partial charge in [0.25, 0.3) is 0 Å². The first-order valence-electron chi connectivity index (χ1n) is 6.11. The lowest BCUT2D eigenvalue weighted by Gasteiger charge is -2.08. The fourth-order valence-corrected chi connectivity index (χ4v) is 1.01. The first kappa shape index (κ1) is 15.6. The molecule has 17 heavy (non-hydrogen) atoms. The number of aromatic hydroxyl groups is 1. The van der Waals surface area contributed by atoms with Crippen molar-refractivity contribution in [3.63, 3.8) is 0 Å². The van der Waals surface area contributed by atoms with Crippen molar-refractivity contribution in [3.05, 3.63) is 17.7 Å². The van der Waals surface area contributed by atoms with Gasteiger partial charge in [0.2, 0.25) is 0 Å². The lowest BCUT2D eigenvalue weighted by atomic mass is 10.1. The molecular weight excluding hydrogens is 214 g/mol. The SMILES string of the molecule is CC.CC1CC1.Cc1c(O)ccc(NN)c1N. The predicted molar refractivity (Wildman–Crippen MR) is 74.8 cm³/mol.